The average Bonchev–Trinajstić information content (AvgIpc) is 2.39. The second-order valence-corrected chi connectivity index (χ2v) is 4.91. The van der Waals surface area contributed by atoms with Crippen molar-refractivity contribution in [3.8, 4) is 0 Å². The van der Waals surface area contributed by atoms with Crippen molar-refractivity contribution in [3.05, 3.63) is 70.2 Å². The second-order valence-electron chi connectivity index (χ2n) is 3.99. The molecule has 0 radical (unpaired) electrons. The van der Waals surface area contributed by atoms with Crippen molar-refractivity contribution in [1.82, 2.24) is 0 Å². The van der Waals surface area contributed by atoms with Gasteiger partial charge in [0.25, 0.3) is 0 Å². The van der Waals surface area contributed by atoms with Crippen LogP contribution in [0.25, 0.3) is 0 Å². The minimum absolute atomic E-state index is 0.125. The molecule has 0 aliphatic heterocycles. The summed E-state index contributed by atoms with van der Waals surface area (Å²) in [7, 11) is 0. The molecule has 0 saturated heterocycles. The Bertz CT molecular complexity index is 450. The predicted molar refractivity (Wildman–Crippen MR) is 73.8 cm³/mol. The standard InChI is InChI=1S/C15H15BrO/c1-12(14-5-3-2-4-6-14)17-11-13-7-9-15(16)10-8-13/h2-10,12H,11H2,1H3. The summed E-state index contributed by atoms with van der Waals surface area (Å²) in [4.78, 5) is 0. The number of hydrogen-bond acceptors (Lipinski definition) is 1. The summed E-state index contributed by atoms with van der Waals surface area (Å²) in [5.41, 5.74) is 2.40. The number of benzene rings is 2. The quantitative estimate of drug-likeness (QED) is 0.791. The van der Waals surface area contributed by atoms with Crippen molar-refractivity contribution in [2.24, 2.45) is 0 Å². The minimum Gasteiger partial charge on any atom is -0.369 e. The van der Waals surface area contributed by atoms with Gasteiger partial charge in [-0.2, -0.15) is 0 Å². The van der Waals surface area contributed by atoms with E-state index in [0.717, 1.165) is 4.47 Å². The van der Waals surface area contributed by atoms with Crippen LogP contribution in [0.1, 0.15) is 24.2 Å². The largest absolute Gasteiger partial charge is 0.369 e. The topological polar surface area (TPSA) is 9.23 Å². The first-order valence-electron chi connectivity index (χ1n) is 5.66. The Labute approximate surface area is 111 Å². The SMILES string of the molecule is CC(OCc1ccc(Br)cc1)c1ccccc1. The van der Waals surface area contributed by atoms with Crippen molar-refractivity contribution in [2.75, 3.05) is 0 Å². The lowest BCUT2D eigenvalue weighted by Crippen LogP contribution is -2.00. The summed E-state index contributed by atoms with van der Waals surface area (Å²) < 4.78 is 6.93. The molecule has 0 saturated carbocycles. The highest BCUT2D eigenvalue weighted by molar-refractivity contribution is 9.10. The van der Waals surface area contributed by atoms with Crippen molar-refractivity contribution in [1.29, 1.82) is 0 Å². The van der Waals surface area contributed by atoms with E-state index in [0.29, 0.717) is 6.61 Å². The van der Waals surface area contributed by atoms with E-state index >= 15 is 0 Å². The van der Waals surface area contributed by atoms with E-state index in [4.69, 9.17) is 4.74 Å². The Morgan fingerprint density at radius 1 is 1.00 bits per heavy atom. The second kappa shape index (κ2) is 5.99. The van der Waals surface area contributed by atoms with Crippen LogP contribution in [-0.4, -0.2) is 0 Å². The molecule has 2 aromatic carbocycles. The van der Waals surface area contributed by atoms with Crippen LogP contribution in [0.3, 0.4) is 0 Å². The van der Waals surface area contributed by atoms with Gasteiger partial charge >= 0.3 is 0 Å². The van der Waals surface area contributed by atoms with E-state index in [1.54, 1.807) is 0 Å². The number of hydrogen-bond donors (Lipinski definition) is 0. The van der Waals surface area contributed by atoms with Gasteiger partial charge in [0, 0.05) is 4.47 Å². The van der Waals surface area contributed by atoms with Crippen molar-refractivity contribution in [3.63, 3.8) is 0 Å². The fourth-order valence-corrected chi connectivity index (χ4v) is 1.89. The molecule has 0 spiro atoms. The van der Waals surface area contributed by atoms with Gasteiger partial charge in [-0.05, 0) is 30.2 Å². The van der Waals surface area contributed by atoms with Crippen LogP contribution in [0.15, 0.2) is 59.1 Å². The molecule has 1 nitrogen and oxygen atoms in total. The number of ether oxygens (including phenoxy) is 1. The molecule has 1 unspecified atom stereocenters. The number of halogens is 1. The Kier molecular flexibility index (Phi) is 4.35. The molecule has 2 aromatic rings. The highest BCUT2D eigenvalue weighted by Crippen LogP contribution is 2.18. The van der Waals surface area contributed by atoms with Crippen molar-refractivity contribution >= 4 is 15.9 Å². The maximum absolute atomic E-state index is 5.84. The zero-order valence-corrected chi connectivity index (χ0v) is 11.4. The maximum atomic E-state index is 5.84. The van der Waals surface area contributed by atoms with Crippen LogP contribution in [0, 0.1) is 0 Å². The predicted octanol–water partition coefficient (Wildman–Crippen LogP) is 4.73. The third-order valence-electron chi connectivity index (χ3n) is 2.68. The Hall–Kier alpha value is -1.12. The van der Waals surface area contributed by atoms with Gasteiger partial charge in [-0.1, -0.05) is 58.4 Å². The fraction of sp³-hybridized carbons (Fsp3) is 0.200. The normalized spacial score (nSPS) is 12.4. The molecule has 0 N–H and O–H groups in total. The molecule has 0 bridgehead atoms. The first-order valence-corrected chi connectivity index (χ1v) is 6.46. The van der Waals surface area contributed by atoms with Gasteiger partial charge in [0.1, 0.15) is 0 Å². The smallest absolute Gasteiger partial charge is 0.0801 e. The number of rotatable bonds is 4. The van der Waals surface area contributed by atoms with Crippen LogP contribution in [-0.2, 0) is 11.3 Å². The van der Waals surface area contributed by atoms with Crippen LogP contribution >= 0.6 is 15.9 Å². The monoisotopic (exact) mass is 290 g/mol. The van der Waals surface area contributed by atoms with Gasteiger partial charge in [0.05, 0.1) is 12.7 Å². The summed E-state index contributed by atoms with van der Waals surface area (Å²) in [5, 5.41) is 0. The third-order valence-corrected chi connectivity index (χ3v) is 3.21. The van der Waals surface area contributed by atoms with Crippen LogP contribution < -0.4 is 0 Å². The lowest BCUT2D eigenvalue weighted by molar-refractivity contribution is 0.0525. The maximum Gasteiger partial charge on any atom is 0.0801 e. The molecule has 2 rings (SSSR count). The molecule has 0 aliphatic carbocycles. The van der Waals surface area contributed by atoms with Crippen LogP contribution in [0.5, 0.6) is 0 Å². The molecule has 17 heavy (non-hydrogen) atoms. The molecular weight excluding hydrogens is 276 g/mol. The molecular formula is C15H15BrO. The van der Waals surface area contributed by atoms with Gasteiger partial charge in [-0.15, -0.1) is 0 Å². The molecule has 0 fully saturated rings. The highest BCUT2D eigenvalue weighted by Gasteiger charge is 2.04. The van der Waals surface area contributed by atoms with Crippen LogP contribution in [0.4, 0.5) is 0 Å². The Morgan fingerprint density at radius 2 is 1.65 bits per heavy atom. The average molecular weight is 291 g/mol. The van der Waals surface area contributed by atoms with Gasteiger partial charge < -0.3 is 4.74 Å². The molecule has 1 atom stereocenters. The van der Waals surface area contributed by atoms with E-state index < -0.39 is 0 Å². The lowest BCUT2D eigenvalue weighted by Gasteiger charge is -2.13. The first kappa shape index (κ1) is 12.3. The summed E-state index contributed by atoms with van der Waals surface area (Å²) in [6, 6.07) is 18.5. The van der Waals surface area contributed by atoms with Crippen molar-refractivity contribution < 1.29 is 4.74 Å². The van der Waals surface area contributed by atoms with Gasteiger partial charge in [-0.3, -0.25) is 0 Å². The Morgan fingerprint density at radius 3 is 2.29 bits per heavy atom. The Balaban J connectivity index is 1.92. The molecule has 2 heteroatoms. The van der Waals surface area contributed by atoms with Crippen molar-refractivity contribution in [2.45, 2.75) is 19.6 Å². The van der Waals surface area contributed by atoms with E-state index in [2.05, 4.69) is 47.1 Å². The van der Waals surface area contributed by atoms with E-state index in [1.165, 1.54) is 11.1 Å². The van der Waals surface area contributed by atoms with Gasteiger partial charge in [-0.25, -0.2) is 0 Å². The van der Waals surface area contributed by atoms with Gasteiger partial charge in [0.2, 0.25) is 0 Å². The lowest BCUT2D eigenvalue weighted by atomic mass is 10.1. The summed E-state index contributed by atoms with van der Waals surface area (Å²) in [6.45, 7) is 2.72. The molecule has 0 amide bonds. The van der Waals surface area contributed by atoms with Gasteiger partial charge in [0.15, 0.2) is 0 Å². The molecule has 0 aromatic heterocycles. The van der Waals surface area contributed by atoms with Crippen LogP contribution in [0.2, 0.25) is 0 Å². The minimum atomic E-state index is 0.125. The fourth-order valence-electron chi connectivity index (χ4n) is 1.62. The summed E-state index contributed by atoms with van der Waals surface area (Å²) in [5.74, 6) is 0. The molecule has 88 valence electrons. The first-order chi connectivity index (χ1) is 8.25. The van der Waals surface area contributed by atoms with E-state index in [9.17, 15) is 0 Å². The van der Waals surface area contributed by atoms with E-state index in [-0.39, 0.29) is 6.10 Å². The van der Waals surface area contributed by atoms with E-state index in [1.807, 2.05) is 30.3 Å². The summed E-state index contributed by atoms with van der Waals surface area (Å²) in [6.07, 6.45) is 0.125. The molecule has 0 heterocycles. The summed E-state index contributed by atoms with van der Waals surface area (Å²) >= 11 is 3.42. The zero-order chi connectivity index (χ0) is 12.1. The zero-order valence-electron chi connectivity index (χ0n) is 9.77. The third kappa shape index (κ3) is 3.69. The highest BCUT2D eigenvalue weighted by atomic mass is 79.9. The molecule has 0 aliphatic rings.